The standard InChI is InChI=1S/C19H19NO/c1-2-20-12-16-5-3-4-6-17(16)18(13-20)15-8-7-14-9-10-21-19(14)11-15/h3-11,18H,2,12-13H2,1H3. The Morgan fingerprint density at radius 1 is 1.14 bits per heavy atom. The topological polar surface area (TPSA) is 16.4 Å². The molecule has 2 heteroatoms. The van der Waals surface area contributed by atoms with Crippen LogP contribution in [0, 0.1) is 0 Å². The summed E-state index contributed by atoms with van der Waals surface area (Å²) in [6.07, 6.45) is 1.77. The van der Waals surface area contributed by atoms with Gasteiger partial charge in [-0.15, -0.1) is 0 Å². The quantitative estimate of drug-likeness (QED) is 0.690. The van der Waals surface area contributed by atoms with Gasteiger partial charge in [0.15, 0.2) is 0 Å². The normalized spacial score (nSPS) is 18.8. The van der Waals surface area contributed by atoms with Crippen molar-refractivity contribution in [3.63, 3.8) is 0 Å². The molecule has 0 N–H and O–H groups in total. The van der Waals surface area contributed by atoms with Crippen molar-refractivity contribution >= 4 is 11.0 Å². The van der Waals surface area contributed by atoms with Crippen molar-refractivity contribution in [3.8, 4) is 0 Å². The van der Waals surface area contributed by atoms with Crippen LogP contribution in [-0.2, 0) is 6.54 Å². The summed E-state index contributed by atoms with van der Waals surface area (Å²) in [6, 6.07) is 17.5. The second kappa shape index (κ2) is 5.05. The maximum atomic E-state index is 5.58. The first-order valence-electron chi connectivity index (χ1n) is 7.62. The van der Waals surface area contributed by atoms with Gasteiger partial charge < -0.3 is 4.42 Å². The molecule has 1 unspecified atom stereocenters. The van der Waals surface area contributed by atoms with Crippen molar-refractivity contribution in [1.29, 1.82) is 0 Å². The number of rotatable bonds is 2. The number of hydrogen-bond donors (Lipinski definition) is 0. The fourth-order valence-electron chi connectivity index (χ4n) is 3.39. The molecule has 2 nitrogen and oxygen atoms in total. The van der Waals surface area contributed by atoms with Gasteiger partial charge in [-0.3, -0.25) is 4.90 Å². The molecule has 4 rings (SSSR count). The van der Waals surface area contributed by atoms with E-state index in [1.165, 1.54) is 22.1 Å². The molecule has 106 valence electrons. The SMILES string of the molecule is CCN1Cc2ccccc2C(c2ccc3ccoc3c2)C1. The van der Waals surface area contributed by atoms with E-state index in [0.717, 1.165) is 25.2 Å². The van der Waals surface area contributed by atoms with E-state index in [-0.39, 0.29) is 0 Å². The molecule has 0 spiro atoms. The number of hydrogen-bond acceptors (Lipinski definition) is 2. The first-order chi connectivity index (χ1) is 10.3. The van der Waals surface area contributed by atoms with Crippen LogP contribution in [0.25, 0.3) is 11.0 Å². The molecule has 2 heterocycles. The third-order valence-corrected chi connectivity index (χ3v) is 4.60. The summed E-state index contributed by atoms with van der Waals surface area (Å²) in [5.41, 5.74) is 5.25. The summed E-state index contributed by atoms with van der Waals surface area (Å²) < 4.78 is 5.58. The molecule has 0 aliphatic carbocycles. The van der Waals surface area contributed by atoms with Gasteiger partial charge in [0.2, 0.25) is 0 Å². The van der Waals surface area contributed by atoms with Crippen LogP contribution in [0.3, 0.4) is 0 Å². The Labute approximate surface area is 125 Å². The Kier molecular flexibility index (Phi) is 3.04. The number of furan rings is 1. The van der Waals surface area contributed by atoms with Gasteiger partial charge in [-0.25, -0.2) is 0 Å². The fourth-order valence-corrected chi connectivity index (χ4v) is 3.39. The van der Waals surface area contributed by atoms with Crippen LogP contribution in [0.1, 0.15) is 29.5 Å². The van der Waals surface area contributed by atoms with E-state index in [1.807, 2.05) is 6.07 Å². The summed E-state index contributed by atoms with van der Waals surface area (Å²) >= 11 is 0. The zero-order valence-electron chi connectivity index (χ0n) is 12.3. The van der Waals surface area contributed by atoms with Crippen LogP contribution in [0.5, 0.6) is 0 Å². The first kappa shape index (κ1) is 12.7. The molecule has 21 heavy (non-hydrogen) atoms. The van der Waals surface area contributed by atoms with Gasteiger partial charge in [-0.1, -0.05) is 43.3 Å². The predicted octanol–water partition coefficient (Wildman–Crippen LogP) is 4.40. The van der Waals surface area contributed by atoms with Gasteiger partial charge in [0, 0.05) is 24.4 Å². The molecule has 3 aromatic rings. The molecule has 1 aliphatic heterocycles. The van der Waals surface area contributed by atoms with Gasteiger partial charge in [0.1, 0.15) is 5.58 Å². The highest BCUT2D eigenvalue weighted by Gasteiger charge is 2.25. The van der Waals surface area contributed by atoms with Crippen LogP contribution < -0.4 is 0 Å². The predicted molar refractivity (Wildman–Crippen MR) is 85.5 cm³/mol. The maximum absolute atomic E-state index is 5.58. The summed E-state index contributed by atoms with van der Waals surface area (Å²) in [5, 5.41) is 1.18. The van der Waals surface area contributed by atoms with Crippen molar-refractivity contribution in [2.24, 2.45) is 0 Å². The number of fused-ring (bicyclic) bond motifs is 2. The van der Waals surface area contributed by atoms with E-state index in [1.54, 1.807) is 6.26 Å². The molecule has 0 radical (unpaired) electrons. The lowest BCUT2D eigenvalue weighted by molar-refractivity contribution is 0.253. The lowest BCUT2D eigenvalue weighted by Gasteiger charge is -2.34. The summed E-state index contributed by atoms with van der Waals surface area (Å²) in [6.45, 7) is 5.47. The second-order valence-electron chi connectivity index (χ2n) is 5.80. The highest BCUT2D eigenvalue weighted by Crippen LogP contribution is 2.34. The van der Waals surface area contributed by atoms with Crippen LogP contribution in [-0.4, -0.2) is 18.0 Å². The molecule has 2 aromatic carbocycles. The molecule has 1 aromatic heterocycles. The highest BCUT2D eigenvalue weighted by atomic mass is 16.3. The maximum Gasteiger partial charge on any atom is 0.134 e. The lowest BCUT2D eigenvalue weighted by Crippen LogP contribution is -2.33. The van der Waals surface area contributed by atoms with Crippen molar-refractivity contribution < 1.29 is 4.42 Å². The zero-order valence-corrected chi connectivity index (χ0v) is 12.3. The van der Waals surface area contributed by atoms with Gasteiger partial charge in [0.05, 0.1) is 6.26 Å². The van der Waals surface area contributed by atoms with E-state index in [2.05, 4.69) is 54.3 Å². The third-order valence-electron chi connectivity index (χ3n) is 4.60. The molecule has 1 aliphatic rings. The number of nitrogens with zero attached hydrogens (tertiary/aromatic N) is 1. The molecule has 0 saturated heterocycles. The van der Waals surface area contributed by atoms with E-state index in [9.17, 15) is 0 Å². The zero-order chi connectivity index (χ0) is 14.2. The van der Waals surface area contributed by atoms with Crippen LogP contribution in [0.4, 0.5) is 0 Å². The molecular weight excluding hydrogens is 258 g/mol. The van der Waals surface area contributed by atoms with E-state index in [4.69, 9.17) is 4.42 Å². The van der Waals surface area contributed by atoms with Gasteiger partial charge >= 0.3 is 0 Å². The van der Waals surface area contributed by atoms with Crippen LogP contribution in [0.2, 0.25) is 0 Å². The average Bonchev–Trinajstić information content (AvgIpc) is 3.01. The summed E-state index contributed by atoms with van der Waals surface area (Å²) in [5.74, 6) is 0.435. The van der Waals surface area contributed by atoms with E-state index < -0.39 is 0 Å². The minimum Gasteiger partial charge on any atom is -0.464 e. The van der Waals surface area contributed by atoms with Gasteiger partial charge in [0.25, 0.3) is 0 Å². The average molecular weight is 277 g/mol. The van der Waals surface area contributed by atoms with Crippen molar-refractivity contribution in [2.45, 2.75) is 19.4 Å². The van der Waals surface area contributed by atoms with Crippen LogP contribution in [0.15, 0.2) is 59.2 Å². The Morgan fingerprint density at radius 3 is 2.95 bits per heavy atom. The van der Waals surface area contributed by atoms with Gasteiger partial charge in [-0.05, 0) is 35.4 Å². The van der Waals surface area contributed by atoms with E-state index in [0.29, 0.717) is 5.92 Å². The molecule has 1 atom stereocenters. The number of likely N-dealkylation sites (N-methyl/N-ethyl adjacent to an activating group) is 1. The van der Waals surface area contributed by atoms with Gasteiger partial charge in [-0.2, -0.15) is 0 Å². The lowest BCUT2D eigenvalue weighted by atomic mass is 9.84. The number of benzene rings is 2. The fraction of sp³-hybridized carbons (Fsp3) is 0.263. The van der Waals surface area contributed by atoms with Crippen molar-refractivity contribution in [1.82, 2.24) is 4.90 Å². The minimum absolute atomic E-state index is 0.435. The van der Waals surface area contributed by atoms with Crippen LogP contribution >= 0.6 is 0 Å². The van der Waals surface area contributed by atoms with Crippen molar-refractivity contribution in [3.05, 3.63) is 71.5 Å². The Morgan fingerprint density at radius 2 is 2.05 bits per heavy atom. The highest BCUT2D eigenvalue weighted by molar-refractivity contribution is 5.78. The Bertz CT molecular complexity index is 774. The Balaban J connectivity index is 1.82. The van der Waals surface area contributed by atoms with E-state index >= 15 is 0 Å². The summed E-state index contributed by atoms with van der Waals surface area (Å²) in [7, 11) is 0. The Hall–Kier alpha value is -2.06. The summed E-state index contributed by atoms with van der Waals surface area (Å²) in [4.78, 5) is 2.51. The first-order valence-corrected chi connectivity index (χ1v) is 7.62. The second-order valence-corrected chi connectivity index (χ2v) is 5.80. The monoisotopic (exact) mass is 277 g/mol. The minimum atomic E-state index is 0.435. The smallest absolute Gasteiger partial charge is 0.134 e. The molecule has 0 bridgehead atoms. The molecule has 0 amide bonds. The van der Waals surface area contributed by atoms with Crippen molar-refractivity contribution in [2.75, 3.05) is 13.1 Å². The molecular formula is C19H19NO. The largest absolute Gasteiger partial charge is 0.464 e. The molecule has 0 fully saturated rings. The molecule has 0 saturated carbocycles. The third kappa shape index (κ3) is 2.16.